The second-order valence-corrected chi connectivity index (χ2v) is 13.0. The maximum atomic E-state index is 4.56. The summed E-state index contributed by atoms with van der Waals surface area (Å²) in [5, 5.41) is 9.07. The van der Waals surface area contributed by atoms with Gasteiger partial charge in [0.05, 0.1) is 16.8 Å². The molecule has 0 unspecified atom stereocenters. The molecule has 0 amide bonds. The molecular formula is C44H32N2. The molecule has 46 heavy (non-hydrogen) atoms. The third kappa shape index (κ3) is 3.71. The van der Waals surface area contributed by atoms with Gasteiger partial charge in [-0.1, -0.05) is 153 Å². The Bertz CT molecular complexity index is 2210. The van der Waals surface area contributed by atoms with Crippen molar-refractivity contribution >= 4 is 0 Å². The Hall–Kier alpha value is -5.60. The summed E-state index contributed by atoms with van der Waals surface area (Å²) in [5.74, 6) is 0. The van der Waals surface area contributed by atoms with Crippen molar-refractivity contribution in [1.82, 2.24) is 10.2 Å². The van der Waals surface area contributed by atoms with Crippen LogP contribution in [0.5, 0.6) is 0 Å². The highest BCUT2D eigenvalue weighted by Gasteiger charge is 2.53. The fourth-order valence-electron chi connectivity index (χ4n) is 8.12. The third-order valence-electron chi connectivity index (χ3n) is 10.3. The number of hydrogen-bond acceptors (Lipinski definition) is 2. The molecule has 9 rings (SSSR count). The van der Waals surface area contributed by atoms with Gasteiger partial charge in [0.1, 0.15) is 0 Å². The summed E-state index contributed by atoms with van der Waals surface area (Å²) < 4.78 is 0. The van der Waals surface area contributed by atoms with Gasteiger partial charge in [0, 0.05) is 16.5 Å². The Balaban J connectivity index is 1.18. The molecule has 0 atom stereocenters. The van der Waals surface area contributed by atoms with E-state index >= 15 is 0 Å². The molecule has 2 aliphatic rings. The summed E-state index contributed by atoms with van der Waals surface area (Å²) in [5.41, 5.74) is 16.7. The van der Waals surface area contributed by atoms with Gasteiger partial charge in [0.15, 0.2) is 0 Å². The second kappa shape index (κ2) is 9.95. The van der Waals surface area contributed by atoms with Crippen molar-refractivity contribution in [2.24, 2.45) is 0 Å². The van der Waals surface area contributed by atoms with Gasteiger partial charge in [-0.25, -0.2) is 0 Å². The average Bonchev–Trinajstić information content (AvgIpc) is 3.42. The van der Waals surface area contributed by atoms with E-state index in [-0.39, 0.29) is 10.8 Å². The summed E-state index contributed by atoms with van der Waals surface area (Å²) in [6.45, 7) is 4.74. The van der Waals surface area contributed by atoms with Crippen LogP contribution < -0.4 is 0 Å². The number of hydrogen-bond donors (Lipinski definition) is 0. The fraction of sp³-hybridized carbons (Fsp3) is 0.0909. The van der Waals surface area contributed by atoms with E-state index in [1.54, 1.807) is 0 Å². The fourth-order valence-corrected chi connectivity index (χ4v) is 8.12. The first kappa shape index (κ1) is 26.8. The smallest absolute Gasteiger partial charge is 0.0930 e. The van der Waals surface area contributed by atoms with Crippen molar-refractivity contribution in [2.45, 2.75) is 24.7 Å². The van der Waals surface area contributed by atoms with Crippen LogP contribution in [0.4, 0.5) is 0 Å². The van der Waals surface area contributed by atoms with E-state index in [9.17, 15) is 0 Å². The summed E-state index contributed by atoms with van der Waals surface area (Å²) >= 11 is 0. The Morgan fingerprint density at radius 1 is 0.348 bits per heavy atom. The Labute approximate surface area is 270 Å². The summed E-state index contributed by atoms with van der Waals surface area (Å²) in [7, 11) is 0. The predicted molar refractivity (Wildman–Crippen MR) is 188 cm³/mol. The Kier molecular flexibility index (Phi) is 5.79. The minimum absolute atomic E-state index is 0.105. The van der Waals surface area contributed by atoms with E-state index in [2.05, 4.69) is 158 Å². The van der Waals surface area contributed by atoms with Crippen molar-refractivity contribution in [3.8, 4) is 44.8 Å². The van der Waals surface area contributed by atoms with Crippen molar-refractivity contribution in [2.75, 3.05) is 0 Å². The minimum Gasteiger partial charge on any atom is -0.150 e. The van der Waals surface area contributed by atoms with Crippen LogP contribution in [-0.2, 0) is 10.8 Å². The predicted octanol–water partition coefficient (Wildman–Crippen LogP) is 10.5. The highest BCUT2D eigenvalue weighted by atomic mass is 15.1. The van der Waals surface area contributed by atoms with Gasteiger partial charge in [-0.3, -0.25) is 0 Å². The minimum atomic E-state index is -0.388. The van der Waals surface area contributed by atoms with Crippen LogP contribution in [0.25, 0.3) is 44.8 Å². The monoisotopic (exact) mass is 588 g/mol. The van der Waals surface area contributed by atoms with E-state index in [0.717, 1.165) is 22.5 Å². The van der Waals surface area contributed by atoms with E-state index in [4.69, 9.17) is 0 Å². The first-order valence-electron chi connectivity index (χ1n) is 16.0. The molecule has 6 aromatic carbocycles. The first-order valence-corrected chi connectivity index (χ1v) is 16.0. The molecule has 218 valence electrons. The molecule has 7 aromatic rings. The van der Waals surface area contributed by atoms with Gasteiger partial charge in [0.2, 0.25) is 0 Å². The Morgan fingerprint density at radius 3 is 1.41 bits per heavy atom. The third-order valence-corrected chi connectivity index (χ3v) is 10.3. The maximum absolute atomic E-state index is 4.56. The van der Waals surface area contributed by atoms with Crippen LogP contribution in [0.3, 0.4) is 0 Å². The Morgan fingerprint density at radius 2 is 0.804 bits per heavy atom. The van der Waals surface area contributed by atoms with Crippen molar-refractivity contribution in [3.05, 3.63) is 191 Å². The van der Waals surface area contributed by atoms with Gasteiger partial charge >= 0.3 is 0 Å². The largest absolute Gasteiger partial charge is 0.150 e. The van der Waals surface area contributed by atoms with Crippen LogP contribution in [0, 0.1) is 0 Å². The summed E-state index contributed by atoms with van der Waals surface area (Å²) in [6, 6.07) is 57.3. The zero-order chi connectivity index (χ0) is 30.9. The lowest BCUT2D eigenvalue weighted by molar-refractivity contribution is 0.563. The lowest BCUT2D eigenvalue weighted by Crippen LogP contribution is -2.40. The summed E-state index contributed by atoms with van der Waals surface area (Å²) in [6.07, 6.45) is 0. The maximum Gasteiger partial charge on any atom is 0.0930 e. The van der Waals surface area contributed by atoms with Gasteiger partial charge < -0.3 is 0 Å². The molecule has 0 saturated heterocycles. The van der Waals surface area contributed by atoms with Gasteiger partial charge in [-0.2, -0.15) is 0 Å². The number of fused-ring (bicyclic) bond motifs is 9. The van der Waals surface area contributed by atoms with E-state index in [1.165, 1.54) is 55.6 Å². The SMILES string of the molecule is CC1(C)c2ccccc2C2(c3ccccc3-c3ccc(-c4ccc(-c5ccc(-c6ccccc6)nn5)cc4)cc32)c2ccccc21. The molecule has 0 fully saturated rings. The quantitative estimate of drug-likeness (QED) is 0.205. The molecule has 1 heterocycles. The van der Waals surface area contributed by atoms with Crippen LogP contribution in [0.15, 0.2) is 158 Å². The van der Waals surface area contributed by atoms with Gasteiger partial charge in [-0.15, -0.1) is 10.2 Å². The highest BCUT2D eigenvalue weighted by Crippen LogP contribution is 2.62. The van der Waals surface area contributed by atoms with Crippen molar-refractivity contribution in [1.29, 1.82) is 0 Å². The lowest BCUT2D eigenvalue weighted by Gasteiger charge is -2.46. The topological polar surface area (TPSA) is 25.8 Å². The van der Waals surface area contributed by atoms with E-state index in [0.29, 0.717) is 0 Å². The molecular weight excluding hydrogens is 556 g/mol. The lowest BCUT2D eigenvalue weighted by atomic mass is 9.55. The first-order chi connectivity index (χ1) is 22.6. The zero-order valence-electron chi connectivity index (χ0n) is 25.9. The molecule has 0 bridgehead atoms. The standard InChI is InChI=1S/C44H32N2/c1-43(2)36-16-8-10-18-38(36)44(39-19-11-9-17-37(39)43)35-15-7-6-14-33(35)34-25-24-32(28-40(34)44)29-20-22-31(23-21-29)42-27-26-41(45-46-42)30-12-4-3-5-13-30/h3-28H,1-2H3. The van der Waals surface area contributed by atoms with Crippen LogP contribution in [0.1, 0.15) is 47.2 Å². The highest BCUT2D eigenvalue weighted by molar-refractivity contribution is 5.90. The zero-order valence-corrected chi connectivity index (χ0v) is 25.9. The number of rotatable bonds is 3. The van der Waals surface area contributed by atoms with Crippen LogP contribution >= 0.6 is 0 Å². The van der Waals surface area contributed by atoms with E-state index < -0.39 is 0 Å². The molecule has 1 spiro atoms. The van der Waals surface area contributed by atoms with Crippen molar-refractivity contribution < 1.29 is 0 Å². The second-order valence-electron chi connectivity index (χ2n) is 13.0. The molecule has 2 aliphatic carbocycles. The number of nitrogens with zero attached hydrogens (tertiary/aromatic N) is 2. The molecule has 0 aliphatic heterocycles. The van der Waals surface area contributed by atoms with E-state index in [1.807, 2.05) is 24.3 Å². The average molecular weight is 589 g/mol. The normalized spacial score (nSPS) is 14.7. The molecule has 0 N–H and O–H groups in total. The molecule has 0 radical (unpaired) electrons. The van der Waals surface area contributed by atoms with Crippen LogP contribution in [-0.4, -0.2) is 10.2 Å². The molecule has 0 saturated carbocycles. The van der Waals surface area contributed by atoms with Gasteiger partial charge in [-0.05, 0) is 73.8 Å². The number of benzene rings is 6. The number of aromatic nitrogens is 2. The summed E-state index contributed by atoms with van der Waals surface area (Å²) in [4.78, 5) is 0. The van der Waals surface area contributed by atoms with Crippen molar-refractivity contribution in [3.63, 3.8) is 0 Å². The van der Waals surface area contributed by atoms with Crippen LogP contribution in [0.2, 0.25) is 0 Å². The van der Waals surface area contributed by atoms with Gasteiger partial charge in [0.25, 0.3) is 0 Å². The molecule has 2 nitrogen and oxygen atoms in total. The molecule has 1 aromatic heterocycles. The molecule has 2 heteroatoms.